The molecular weight excluding hydrogens is 270 g/mol. The van der Waals surface area contributed by atoms with Crippen LogP contribution in [0, 0.1) is 0 Å². The summed E-state index contributed by atoms with van der Waals surface area (Å²) in [6.07, 6.45) is 0.838. The van der Waals surface area contributed by atoms with Crippen LogP contribution >= 0.6 is 0 Å². The zero-order valence-corrected chi connectivity index (χ0v) is 11.6. The second-order valence-corrected chi connectivity index (χ2v) is 5.35. The summed E-state index contributed by atoms with van der Waals surface area (Å²) < 4.78 is 16.0. The molecular formula is C16H17NO4. The minimum Gasteiger partial charge on any atom is -0.468 e. The minimum absolute atomic E-state index is 0.150. The third-order valence-electron chi connectivity index (χ3n) is 3.45. The highest BCUT2D eigenvalue weighted by atomic mass is 16.7. The number of rotatable bonds is 6. The van der Waals surface area contributed by atoms with E-state index < -0.39 is 0 Å². The summed E-state index contributed by atoms with van der Waals surface area (Å²) in [5, 5.41) is 2.01. The molecule has 2 N–H and O–H groups in total. The summed E-state index contributed by atoms with van der Waals surface area (Å²) in [7, 11) is 0. The third-order valence-corrected chi connectivity index (χ3v) is 3.45. The third kappa shape index (κ3) is 3.21. The molecule has 0 aliphatic carbocycles. The summed E-state index contributed by atoms with van der Waals surface area (Å²) in [5.74, 6) is 0.720. The van der Waals surface area contributed by atoms with Crippen LogP contribution in [0.4, 0.5) is 0 Å². The van der Waals surface area contributed by atoms with Crippen molar-refractivity contribution in [3.05, 3.63) is 42.0 Å². The van der Waals surface area contributed by atoms with Crippen LogP contribution in [0.1, 0.15) is 10.4 Å². The fourth-order valence-corrected chi connectivity index (χ4v) is 2.21. The van der Waals surface area contributed by atoms with Crippen molar-refractivity contribution >= 4 is 17.1 Å². The molecule has 0 unspecified atom stereocenters. The number of benzene rings is 2. The second kappa shape index (κ2) is 5.81. The summed E-state index contributed by atoms with van der Waals surface area (Å²) in [6.45, 7) is 1.63. The summed E-state index contributed by atoms with van der Waals surface area (Å²) in [6, 6.07) is 11.2. The lowest BCUT2D eigenvalue weighted by Gasteiger charge is -2.37. The van der Waals surface area contributed by atoms with Crippen molar-refractivity contribution in [2.75, 3.05) is 26.6 Å². The Kier molecular flexibility index (Phi) is 3.88. The molecule has 1 aliphatic rings. The lowest BCUT2D eigenvalue weighted by molar-refractivity contribution is -0.109. The molecule has 21 heavy (non-hydrogen) atoms. The number of ether oxygens (including phenoxy) is 3. The van der Waals surface area contributed by atoms with Crippen molar-refractivity contribution in [1.82, 2.24) is 0 Å². The van der Waals surface area contributed by atoms with Gasteiger partial charge in [0.1, 0.15) is 12.0 Å². The largest absolute Gasteiger partial charge is 0.468 e. The monoisotopic (exact) mass is 287 g/mol. The molecule has 5 nitrogen and oxygen atoms in total. The van der Waals surface area contributed by atoms with E-state index in [9.17, 15) is 4.79 Å². The van der Waals surface area contributed by atoms with E-state index in [-0.39, 0.29) is 12.3 Å². The topological polar surface area (TPSA) is 70.8 Å². The molecule has 1 fully saturated rings. The van der Waals surface area contributed by atoms with Crippen molar-refractivity contribution in [1.29, 1.82) is 0 Å². The van der Waals surface area contributed by atoms with Gasteiger partial charge in [0.25, 0.3) is 0 Å². The van der Waals surface area contributed by atoms with Gasteiger partial charge in [0.2, 0.25) is 0 Å². The van der Waals surface area contributed by atoms with Gasteiger partial charge in [-0.15, -0.1) is 0 Å². The van der Waals surface area contributed by atoms with Gasteiger partial charge < -0.3 is 19.9 Å². The number of hydrogen-bond acceptors (Lipinski definition) is 5. The smallest absolute Gasteiger partial charge is 0.189 e. The fourth-order valence-electron chi connectivity index (χ4n) is 2.21. The van der Waals surface area contributed by atoms with E-state index in [2.05, 4.69) is 0 Å². The minimum atomic E-state index is -0.363. The SMILES string of the molecule is NC1(COCOc2ccc3cc(C=O)ccc3c2)COC1. The Morgan fingerprint density at radius 1 is 1.19 bits per heavy atom. The number of aldehydes is 1. The fraction of sp³-hybridized carbons (Fsp3) is 0.312. The quantitative estimate of drug-likeness (QED) is 0.498. The van der Waals surface area contributed by atoms with Gasteiger partial charge in [0.05, 0.1) is 25.4 Å². The molecule has 5 heteroatoms. The zero-order chi connectivity index (χ0) is 14.7. The molecule has 2 aromatic carbocycles. The highest BCUT2D eigenvalue weighted by Crippen LogP contribution is 2.22. The van der Waals surface area contributed by atoms with Crippen molar-refractivity contribution in [3.8, 4) is 5.75 Å². The van der Waals surface area contributed by atoms with Gasteiger partial charge in [0.15, 0.2) is 6.79 Å². The first-order chi connectivity index (χ1) is 10.2. The van der Waals surface area contributed by atoms with Crippen LogP contribution < -0.4 is 10.5 Å². The predicted octanol–water partition coefficient (Wildman–Crippen LogP) is 1.73. The zero-order valence-electron chi connectivity index (χ0n) is 11.6. The highest BCUT2D eigenvalue weighted by molar-refractivity contribution is 5.89. The van der Waals surface area contributed by atoms with E-state index in [0.717, 1.165) is 22.8 Å². The van der Waals surface area contributed by atoms with Gasteiger partial charge in [0, 0.05) is 5.56 Å². The molecule has 0 radical (unpaired) electrons. The van der Waals surface area contributed by atoms with Crippen molar-refractivity contribution in [2.45, 2.75) is 5.54 Å². The van der Waals surface area contributed by atoms with Gasteiger partial charge in [-0.05, 0) is 29.0 Å². The van der Waals surface area contributed by atoms with Gasteiger partial charge in [-0.25, -0.2) is 0 Å². The van der Waals surface area contributed by atoms with Crippen molar-refractivity contribution in [2.24, 2.45) is 5.73 Å². The van der Waals surface area contributed by atoms with E-state index in [1.807, 2.05) is 30.3 Å². The van der Waals surface area contributed by atoms with E-state index in [1.54, 1.807) is 6.07 Å². The maximum absolute atomic E-state index is 10.7. The first-order valence-corrected chi connectivity index (χ1v) is 6.75. The Balaban J connectivity index is 1.58. The van der Waals surface area contributed by atoms with Crippen LogP contribution in [-0.4, -0.2) is 38.4 Å². The van der Waals surface area contributed by atoms with Crippen LogP contribution in [0.25, 0.3) is 10.8 Å². The molecule has 1 aliphatic heterocycles. The van der Waals surface area contributed by atoms with E-state index in [1.165, 1.54) is 0 Å². The van der Waals surface area contributed by atoms with Gasteiger partial charge in [-0.3, -0.25) is 4.79 Å². The molecule has 0 amide bonds. The van der Waals surface area contributed by atoms with Gasteiger partial charge in [-0.1, -0.05) is 18.2 Å². The Bertz CT molecular complexity index is 652. The Labute approximate surface area is 122 Å². The second-order valence-electron chi connectivity index (χ2n) is 5.35. The van der Waals surface area contributed by atoms with Crippen LogP contribution in [0.15, 0.2) is 36.4 Å². The van der Waals surface area contributed by atoms with Crippen LogP contribution in [0.5, 0.6) is 5.75 Å². The first-order valence-electron chi connectivity index (χ1n) is 6.75. The van der Waals surface area contributed by atoms with Crippen molar-refractivity contribution in [3.63, 3.8) is 0 Å². The van der Waals surface area contributed by atoms with Crippen LogP contribution in [0.3, 0.4) is 0 Å². The van der Waals surface area contributed by atoms with E-state index >= 15 is 0 Å². The maximum atomic E-state index is 10.7. The average molecular weight is 287 g/mol. The number of hydrogen-bond donors (Lipinski definition) is 1. The molecule has 0 saturated carbocycles. The van der Waals surface area contributed by atoms with E-state index in [4.69, 9.17) is 19.9 Å². The number of fused-ring (bicyclic) bond motifs is 1. The number of carbonyl (C=O) groups excluding carboxylic acids is 1. The highest BCUT2D eigenvalue weighted by Gasteiger charge is 2.34. The Morgan fingerprint density at radius 3 is 2.67 bits per heavy atom. The molecule has 0 spiro atoms. The average Bonchev–Trinajstić information content (AvgIpc) is 2.49. The molecule has 0 bridgehead atoms. The Morgan fingerprint density at radius 2 is 1.95 bits per heavy atom. The first kappa shape index (κ1) is 14.0. The molecule has 2 aromatic rings. The number of nitrogens with two attached hydrogens (primary N) is 1. The summed E-state index contributed by atoms with van der Waals surface area (Å²) in [4.78, 5) is 10.7. The molecule has 0 aromatic heterocycles. The standard InChI is InChI=1S/C16H17NO4/c17-16(8-19-9-16)10-20-11-21-15-4-3-13-5-12(7-18)1-2-14(13)6-15/h1-7H,8-11,17H2. The van der Waals surface area contributed by atoms with Crippen LogP contribution in [-0.2, 0) is 9.47 Å². The molecule has 3 rings (SSSR count). The number of carbonyl (C=O) groups is 1. The predicted molar refractivity (Wildman–Crippen MR) is 78.5 cm³/mol. The lowest BCUT2D eigenvalue weighted by Crippen LogP contribution is -2.60. The van der Waals surface area contributed by atoms with E-state index in [0.29, 0.717) is 25.4 Å². The lowest BCUT2D eigenvalue weighted by atomic mass is 10.0. The van der Waals surface area contributed by atoms with Crippen LogP contribution in [0.2, 0.25) is 0 Å². The summed E-state index contributed by atoms with van der Waals surface area (Å²) in [5.41, 5.74) is 6.25. The van der Waals surface area contributed by atoms with Gasteiger partial charge >= 0.3 is 0 Å². The summed E-state index contributed by atoms with van der Waals surface area (Å²) >= 11 is 0. The molecule has 1 heterocycles. The normalized spacial score (nSPS) is 16.4. The van der Waals surface area contributed by atoms with Crippen molar-refractivity contribution < 1.29 is 19.0 Å². The maximum Gasteiger partial charge on any atom is 0.189 e. The Hall–Kier alpha value is -1.95. The molecule has 0 atom stereocenters. The van der Waals surface area contributed by atoms with Gasteiger partial charge in [-0.2, -0.15) is 0 Å². The molecule has 1 saturated heterocycles. The molecule has 110 valence electrons.